The van der Waals surface area contributed by atoms with Crippen molar-refractivity contribution >= 4 is 34.4 Å². The second-order valence-electron chi connectivity index (χ2n) is 9.24. The predicted molar refractivity (Wildman–Crippen MR) is 140 cm³/mol. The number of thiazole rings is 1. The van der Waals surface area contributed by atoms with Crippen molar-refractivity contribution in [1.29, 1.82) is 0 Å². The van der Waals surface area contributed by atoms with Gasteiger partial charge in [-0.25, -0.2) is 22.9 Å². The molecule has 1 aliphatic rings. The summed E-state index contributed by atoms with van der Waals surface area (Å²) in [6.07, 6.45) is 7.84. The Morgan fingerprint density at radius 1 is 1.16 bits per heavy atom. The van der Waals surface area contributed by atoms with Gasteiger partial charge in [-0.3, -0.25) is 10.1 Å². The Balaban J connectivity index is 1.43. The molecule has 1 aliphatic carbocycles. The van der Waals surface area contributed by atoms with Crippen LogP contribution in [0.2, 0.25) is 0 Å². The van der Waals surface area contributed by atoms with Crippen molar-refractivity contribution in [2.45, 2.75) is 45.4 Å². The van der Waals surface area contributed by atoms with E-state index in [-0.39, 0.29) is 33.3 Å². The largest absolute Gasteiger partial charge is 0.490 e. The zero-order valence-electron chi connectivity index (χ0n) is 20.7. The molecule has 4 rings (SSSR count). The van der Waals surface area contributed by atoms with Crippen LogP contribution in [0.1, 0.15) is 61.4 Å². The summed E-state index contributed by atoms with van der Waals surface area (Å²) in [5, 5.41) is 13.1. The molecule has 6 nitrogen and oxygen atoms in total. The van der Waals surface area contributed by atoms with Crippen LogP contribution in [0.3, 0.4) is 0 Å². The monoisotopic (exact) mass is 544 g/mol. The first kappa shape index (κ1) is 27.4. The number of carboxylic acid groups (broad SMARTS) is 1. The minimum atomic E-state index is -1.32. The van der Waals surface area contributed by atoms with E-state index in [9.17, 15) is 18.4 Å². The maximum absolute atomic E-state index is 15.2. The summed E-state index contributed by atoms with van der Waals surface area (Å²) in [5.41, 5.74) is -0.654. The number of amides is 1. The Morgan fingerprint density at radius 2 is 1.87 bits per heavy atom. The molecule has 2 N–H and O–H groups in total. The van der Waals surface area contributed by atoms with Crippen molar-refractivity contribution < 1.29 is 32.6 Å². The van der Waals surface area contributed by atoms with Gasteiger partial charge < -0.3 is 9.84 Å². The molecule has 200 valence electrons. The van der Waals surface area contributed by atoms with E-state index < -0.39 is 34.9 Å². The van der Waals surface area contributed by atoms with Gasteiger partial charge in [-0.1, -0.05) is 38.2 Å². The summed E-state index contributed by atoms with van der Waals surface area (Å²) < 4.78 is 49.7. The van der Waals surface area contributed by atoms with Gasteiger partial charge in [0.15, 0.2) is 16.7 Å². The number of benzene rings is 2. The lowest BCUT2D eigenvalue weighted by molar-refractivity contribution is -0.132. The first-order valence-electron chi connectivity index (χ1n) is 12.3. The Labute approximate surface area is 222 Å². The summed E-state index contributed by atoms with van der Waals surface area (Å²) in [6, 6.07) is 6.40. The molecule has 0 unspecified atom stereocenters. The summed E-state index contributed by atoms with van der Waals surface area (Å²) >= 11 is 1.03. The van der Waals surface area contributed by atoms with Gasteiger partial charge in [-0.15, -0.1) is 11.3 Å². The molecule has 0 radical (unpaired) electrons. The average Bonchev–Trinajstić information content (AvgIpc) is 3.35. The Bertz CT molecular complexity index is 1340. The highest BCUT2D eigenvalue weighted by molar-refractivity contribution is 7.14. The lowest BCUT2D eigenvalue weighted by Gasteiger charge is -2.21. The van der Waals surface area contributed by atoms with Gasteiger partial charge in [-0.05, 0) is 49.6 Å². The van der Waals surface area contributed by atoms with Crippen LogP contribution in [0, 0.1) is 23.4 Å². The highest BCUT2D eigenvalue weighted by atomic mass is 32.1. The third-order valence-electron chi connectivity index (χ3n) is 6.51. The number of carbonyl (C=O) groups is 2. The zero-order valence-corrected chi connectivity index (χ0v) is 21.5. The van der Waals surface area contributed by atoms with Crippen LogP contribution in [0.25, 0.3) is 17.3 Å². The summed E-state index contributed by atoms with van der Waals surface area (Å²) in [4.78, 5) is 27.8. The molecule has 1 saturated carbocycles. The molecule has 10 heteroatoms. The molecule has 38 heavy (non-hydrogen) atoms. The van der Waals surface area contributed by atoms with E-state index in [1.807, 2.05) is 0 Å². The van der Waals surface area contributed by atoms with Crippen molar-refractivity contribution in [1.82, 2.24) is 4.98 Å². The van der Waals surface area contributed by atoms with Crippen molar-refractivity contribution in [2.75, 3.05) is 11.9 Å². The predicted octanol–water partition coefficient (Wildman–Crippen LogP) is 7.32. The number of hydrogen-bond acceptors (Lipinski definition) is 5. The van der Waals surface area contributed by atoms with Gasteiger partial charge in [0.2, 0.25) is 0 Å². The normalized spacial score (nSPS) is 14.4. The van der Waals surface area contributed by atoms with E-state index in [4.69, 9.17) is 9.84 Å². The maximum Gasteiger partial charge on any atom is 0.331 e. The van der Waals surface area contributed by atoms with Crippen LogP contribution >= 0.6 is 11.3 Å². The fraction of sp³-hybridized carbons (Fsp3) is 0.321. The molecule has 1 heterocycles. The summed E-state index contributed by atoms with van der Waals surface area (Å²) in [5.74, 6) is -4.12. The van der Waals surface area contributed by atoms with E-state index in [0.29, 0.717) is 12.5 Å². The van der Waals surface area contributed by atoms with E-state index in [2.05, 4.69) is 10.3 Å². The van der Waals surface area contributed by atoms with Gasteiger partial charge in [-0.2, -0.15) is 0 Å². The highest BCUT2D eigenvalue weighted by Crippen LogP contribution is 2.32. The van der Waals surface area contributed by atoms with Gasteiger partial charge in [0.05, 0.1) is 12.3 Å². The number of halogens is 3. The number of aromatic nitrogens is 1. The van der Waals surface area contributed by atoms with Crippen LogP contribution < -0.4 is 10.1 Å². The topological polar surface area (TPSA) is 88.5 Å². The molecule has 0 spiro atoms. The van der Waals surface area contributed by atoms with Crippen LogP contribution in [0.15, 0.2) is 41.3 Å². The summed E-state index contributed by atoms with van der Waals surface area (Å²) in [6.45, 7) is 1.63. The molecule has 0 bridgehead atoms. The molecule has 3 aromatic rings. The fourth-order valence-electron chi connectivity index (χ4n) is 4.39. The van der Waals surface area contributed by atoms with Crippen molar-refractivity contribution in [3.8, 4) is 17.0 Å². The molecule has 1 aromatic heterocycles. The van der Waals surface area contributed by atoms with Crippen molar-refractivity contribution in [3.63, 3.8) is 0 Å². The standard InChI is InChI=1S/C28H27F3N2O4S/c1-16(27(35)36)12-20-21(29)13-18(14-22(20)30)26(34)33-28-32-23(15-38-28)19-8-5-9-24(25(19)31)37-11-10-17-6-3-2-4-7-17/h5,8-9,12-15,17H,2-4,6-7,10-11H2,1H3,(H,35,36)(H,32,33,34)/b16-12+. The fourth-order valence-corrected chi connectivity index (χ4v) is 5.09. The van der Waals surface area contributed by atoms with Gasteiger partial charge in [0, 0.05) is 27.6 Å². The number of carbonyl (C=O) groups excluding carboxylic acids is 1. The van der Waals surface area contributed by atoms with Crippen LogP contribution in [0.4, 0.5) is 18.3 Å². The Hall–Kier alpha value is -3.66. The smallest absolute Gasteiger partial charge is 0.331 e. The third kappa shape index (κ3) is 6.61. The zero-order chi connectivity index (χ0) is 27.2. The number of nitrogens with zero attached hydrogens (tertiary/aromatic N) is 1. The highest BCUT2D eigenvalue weighted by Gasteiger charge is 2.19. The summed E-state index contributed by atoms with van der Waals surface area (Å²) in [7, 11) is 0. The number of hydrogen-bond donors (Lipinski definition) is 2. The van der Waals surface area contributed by atoms with E-state index >= 15 is 4.39 Å². The first-order valence-corrected chi connectivity index (χ1v) is 13.2. The van der Waals surface area contributed by atoms with E-state index in [1.54, 1.807) is 23.6 Å². The molecule has 0 aliphatic heterocycles. The third-order valence-corrected chi connectivity index (χ3v) is 7.27. The Kier molecular flexibility index (Phi) is 8.83. The van der Waals surface area contributed by atoms with Gasteiger partial charge in [0.1, 0.15) is 11.6 Å². The average molecular weight is 545 g/mol. The van der Waals surface area contributed by atoms with E-state index in [0.717, 1.165) is 36.0 Å². The van der Waals surface area contributed by atoms with Crippen LogP contribution in [0.5, 0.6) is 5.75 Å². The number of aliphatic carboxylic acids is 1. The molecule has 0 saturated heterocycles. The molecular weight excluding hydrogens is 517 g/mol. The van der Waals surface area contributed by atoms with E-state index in [1.165, 1.54) is 39.0 Å². The molecular formula is C28H27F3N2O4S. The second kappa shape index (κ2) is 12.3. The van der Waals surface area contributed by atoms with Crippen LogP contribution in [-0.2, 0) is 4.79 Å². The number of ether oxygens (including phenoxy) is 1. The SMILES string of the molecule is C/C(=C\c1c(F)cc(C(=O)Nc2nc(-c3cccc(OCCC4CCCCC4)c3F)cs2)cc1F)C(=O)O. The molecule has 0 atom stereocenters. The lowest BCUT2D eigenvalue weighted by atomic mass is 9.87. The molecule has 1 amide bonds. The number of carboxylic acids is 1. The molecule has 1 fully saturated rings. The van der Waals surface area contributed by atoms with Crippen molar-refractivity contribution in [2.24, 2.45) is 5.92 Å². The van der Waals surface area contributed by atoms with Gasteiger partial charge >= 0.3 is 5.97 Å². The lowest BCUT2D eigenvalue weighted by Crippen LogP contribution is -2.13. The van der Waals surface area contributed by atoms with Crippen molar-refractivity contribution in [3.05, 3.63) is 69.9 Å². The quantitative estimate of drug-likeness (QED) is 0.276. The minimum absolute atomic E-state index is 0.111. The van der Waals surface area contributed by atoms with Crippen LogP contribution in [-0.4, -0.2) is 28.6 Å². The molecule has 2 aromatic carbocycles. The first-order chi connectivity index (χ1) is 18.2. The number of nitrogens with one attached hydrogen (secondary N) is 1. The maximum atomic E-state index is 15.2. The number of rotatable bonds is 9. The minimum Gasteiger partial charge on any atom is -0.490 e. The van der Waals surface area contributed by atoms with Gasteiger partial charge in [0.25, 0.3) is 5.91 Å². The second-order valence-corrected chi connectivity index (χ2v) is 10.1. The Morgan fingerprint density at radius 3 is 2.55 bits per heavy atom. The number of anilines is 1.